The number of carboxylic acids is 1. The van der Waals surface area contributed by atoms with Crippen molar-refractivity contribution in [2.75, 3.05) is 6.61 Å². The van der Waals surface area contributed by atoms with Gasteiger partial charge in [-0.25, -0.2) is 4.79 Å². The van der Waals surface area contributed by atoms with Crippen molar-refractivity contribution < 1.29 is 19.4 Å². The van der Waals surface area contributed by atoms with Crippen molar-refractivity contribution in [3.8, 4) is 0 Å². The molecule has 5 nitrogen and oxygen atoms in total. The van der Waals surface area contributed by atoms with Gasteiger partial charge in [-0.3, -0.25) is 4.79 Å². The fraction of sp³-hybridized carbons (Fsp3) is 0.467. The molecule has 0 fully saturated rings. The molecule has 0 aromatic heterocycles. The third-order valence-corrected chi connectivity index (χ3v) is 3.01. The molecule has 1 aromatic rings. The summed E-state index contributed by atoms with van der Waals surface area (Å²) >= 11 is 5.76. The molecule has 1 atom stereocenters. The molecule has 1 unspecified atom stereocenters. The lowest BCUT2D eigenvalue weighted by atomic mass is 10.1. The number of carbonyl (C=O) groups is 2. The third kappa shape index (κ3) is 6.60. The van der Waals surface area contributed by atoms with Crippen molar-refractivity contribution in [3.05, 3.63) is 34.9 Å². The number of benzene rings is 1. The maximum absolute atomic E-state index is 11.8. The Kier molecular flexibility index (Phi) is 7.19. The molecule has 0 spiro atoms. The molecule has 116 valence electrons. The van der Waals surface area contributed by atoms with E-state index in [0.717, 1.165) is 0 Å². The van der Waals surface area contributed by atoms with Gasteiger partial charge in [0.05, 0.1) is 6.10 Å². The van der Waals surface area contributed by atoms with E-state index in [2.05, 4.69) is 5.32 Å². The van der Waals surface area contributed by atoms with E-state index in [-0.39, 0.29) is 18.4 Å². The van der Waals surface area contributed by atoms with Crippen LogP contribution in [0, 0.1) is 0 Å². The van der Waals surface area contributed by atoms with E-state index < -0.39 is 12.0 Å². The smallest absolute Gasteiger partial charge is 0.330 e. The van der Waals surface area contributed by atoms with Gasteiger partial charge in [-0.2, -0.15) is 0 Å². The second-order valence-electron chi connectivity index (χ2n) is 4.91. The highest BCUT2D eigenvalue weighted by Crippen LogP contribution is 2.17. The normalized spacial score (nSPS) is 12.2. The minimum atomic E-state index is -1.11. The van der Waals surface area contributed by atoms with Crippen LogP contribution in [-0.2, 0) is 14.3 Å². The standard InChI is InChI=1S/C15H20ClNO4/c1-10(2)21-9-3-4-13(18)17-14(15(19)20)11-5-7-12(16)8-6-11/h5-8,10,14H,3-4,9H2,1-2H3,(H,17,18)(H,19,20). The molecule has 0 aliphatic heterocycles. The van der Waals surface area contributed by atoms with E-state index in [1.54, 1.807) is 24.3 Å². The number of carboxylic acid groups (broad SMARTS) is 1. The first kappa shape index (κ1) is 17.5. The SMILES string of the molecule is CC(C)OCCCC(=O)NC(C(=O)O)c1ccc(Cl)cc1. The van der Waals surface area contributed by atoms with Crippen molar-refractivity contribution in [2.24, 2.45) is 0 Å². The number of rotatable bonds is 8. The van der Waals surface area contributed by atoms with Gasteiger partial charge < -0.3 is 15.2 Å². The number of ether oxygens (including phenoxy) is 1. The summed E-state index contributed by atoms with van der Waals surface area (Å²) in [6.45, 7) is 4.31. The maximum Gasteiger partial charge on any atom is 0.330 e. The number of aliphatic carboxylic acids is 1. The Hall–Kier alpha value is -1.59. The summed E-state index contributed by atoms with van der Waals surface area (Å²) in [4.78, 5) is 23.1. The van der Waals surface area contributed by atoms with Gasteiger partial charge in [0.2, 0.25) is 5.91 Å². The molecule has 0 saturated heterocycles. The van der Waals surface area contributed by atoms with Gasteiger partial charge in [0.15, 0.2) is 6.04 Å². The number of nitrogens with one attached hydrogen (secondary N) is 1. The number of amides is 1. The summed E-state index contributed by atoms with van der Waals surface area (Å²) in [7, 11) is 0. The van der Waals surface area contributed by atoms with E-state index in [1.165, 1.54) is 0 Å². The average molecular weight is 314 g/mol. The zero-order valence-electron chi connectivity index (χ0n) is 12.1. The summed E-state index contributed by atoms with van der Waals surface area (Å²) in [6, 6.07) is 5.29. The molecule has 21 heavy (non-hydrogen) atoms. The Morgan fingerprint density at radius 2 is 1.90 bits per heavy atom. The zero-order valence-corrected chi connectivity index (χ0v) is 12.9. The molecule has 0 bridgehead atoms. The topological polar surface area (TPSA) is 75.6 Å². The van der Waals surface area contributed by atoms with Crippen molar-refractivity contribution >= 4 is 23.5 Å². The molecule has 0 radical (unpaired) electrons. The van der Waals surface area contributed by atoms with Crippen LogP contribution in [0.4, 0.5) is 0 Å². The number of hydrogen-bond acceptors (Lipinski definition) is 3. The first-order valence-electron chi connectivity index (χ1n) is 6.79. The van der Waals surface area contributed by atoms with Crippen LogP contribution in [0.2, 0.25) is 5.02 Å². The van der Waals surface area contributed by atoms with Gasteiger partial charge in [0.25, 0.3) is 0 Å². The summed E-state index contributed by atoms with van der Waals surface area (Å²) < 4.78 is 5.33. The van der Waals surface area contributed by atoms with Crippen molar-refractivity contribution in [1.29, 1.82) is 0 Å². The van der Waals surface area contributed by atoms with Crippen molar-refractivity contribution in [2.45, 2.75) is 38.8 Å². The van der Waals surface area contributed by atoms with E-state index in [1.807, 2.05) is 13.8 Å². The molecular weight excluding hydrogens is 294 g/mol. The second kappa shape index (κ2) is 8.64. The molecule has 0 aliphatic rings. The quantitative estimate of drug-likeness (QED) is 0.724. The Balaban J connectivity index is 2.53. The summed E-state index contributed by atoms with van der Waals surface area (Å²) in [5.74, 6) is -1.42. The Bertz CT molecular complexity index is 473. The molecule has 0 aliphatic carbocycles. The van der Waals surface area contributed by atoms with E-state index in [4.69, 9.17) is 16.3 Å². The fourth-order valence-corrected chi connectivity index (χ4v) is 1.85. The van der Waals surface area contributed by atoms with Crippen LogP contribution in [0.3, 0.4) is 0 Å². The van der Waals surface area contributed by atoms with Gasteiger partial charge in [-0.15, -0.1) is 0 Å². The maximum atomic E-state index is 11.8. The summed E-state index contributed by atoms with van der Waals surface area (Å²) in [5, 5.41) is 12.2. The van der Waals surface area contributed by atoms with Crippen LogP contribution in [0.25, 0.3) is 0 Å². The lowest BCUT2D eigenvalue weighted by Gasteiger charge is -2.15. The molecule has 2 N–H and O–H groups in total. The number of carbonyl (C=O) groups excluding carboxylic acids is 1. The molecule has 0 heterocycles. The molecule has 1 rings (SSSR count). The van der Waals surface area contributed by atoms with Crippen LogP contribution in [0.1, 0.15) is 38.3 Å². The lowest BCUT2D eigenvalue weighted by molar-refractivity contribution is -0.142. The molecular formula is C15H20ClNO4. The summed E-state index contributed by atoms with van der Waals surface area (Å²) in [5.41, 5.74) is 0.485. The minimum Gasteiger partial charge on any atom is -0.479 e. The van der Waals surface area contributed by atoms with Gasteiger partial charge in [0, 0.05) is 18.1 Å². The molecule has 1 aromatic carbocycles. The van der Waals surface area contributed by atoms with Crippen LogP contribution >= 0.6 is 11.6 Å². The molecule has 0 saturated carbocycles. The van der Waals surface area contributed by atoms with E-state index in [9.17, 15) is 14.7 Å². The van der Waals surface area contributed by atoms with E-state index >= 15 is 0 Å². The summed E-state index contributed by atoms with van der Waals surface area (Å²) in [6.07, 6.45) is 0.898. The largest absolute Gasteiger partial charge is 0.479 e. The van der Waals surface area contributed by atoms with Gasteiger partial charge >= 0.3 is 5.97 Å². The first-order valence-corrected chi connectivity index (χ1v) is 7.17. The van der Waals surface area contributed by atoms with Crippen molar-refractivity contribution in [1.82, 2.24) is 5.32 Å². The predicted octanol–water partition coefficient (Wildman–Crippen LogP) is 2.79. The number of halogens is 1. The third-order valence-electron chi connectivity index (χ3n) is 2.75. The Morgan fingerprint density at radius 3 is 2.43 bits per heavy atom. The van der Waals surface area contributed by atoms with E-state index in [0.29, 0.717) is 23.6 Å². The molecule has 6 heteroatoms. The van der Waals surface area contributed by atoms with Crippen LogP contribution in [-0.4, -0.2) is 29.7 Å². The highest BCUT2D eigenvalue weighted by atomic mass is 35.5. The first-order chi connectivity index (χ1) is 9.90. The zero-order chi connectivity index (χ0) is 15.8. The fourth-order valence-electron chi connectivity index (χ4n) is 1.73. The monoisotopic (exact) mass is 313 g/mol. The predicted molar refractivity (Wildman–Crippen MR) is 80.3 cm³/mol. The van der Waals surface area contributed by atoms with Crippen LogP contribution in [0.15, 0.2) is 24.3 Å². The van der Waals surface area contributed by atoms with Gasteiger partial charge in [-0.1, -0.05) is 23.7 Å². The minimum absolute atomic E-state index is 0.119. The highest BCUT2D eigenvalue weighted by Gasteiger charge is 2.21. The lowest BCUT2D eigenvalue weighted by Crippen LogP contribution is -2.33. The number of hydrogen-bond donors (Lipinski definition) is 2. The second-order valence-corrected chi connectivity index (χ2v) is 5.35. The Labute approximate surface area is 129 Å². The van der Waals surface area contributed by atoms with Crippen LogP contribution < -0.4 is 5.32 Å². The van der Waals surface area contributed by atoms with Gasteiger partial charge in [-0.05, 0) is 38.0 Å². The average Bonchev–Trinajstić information content (AvgIpc) is 2.41. The molecule has 1 amide bonds. The highest BCUT2D eigenvalue weighted by molar-refractivity contribution is 6.30. The van der Waals surface area contributed by atoms with Crippen molar-refractivity contribution in [3.63, 3.8) is 0 Å². The van der Waals surface area contributed by atoms with Gasteiger partial charge in [0.1, 0.15) is 0 Å². The Morgan fingerprint density at radius 1 is 1.29 bits per heavy atom. The van der Waals surface area contributed by atoms with Crippen LogP contribution in [0.5, 0.6) is 0 Å².